The van der Waals surface area contributed by atoms with Crippen LogP contribution in [0.3, 0.4) is 0 Å². The third-order valence-electron chi connectivity index (χ3n) is 5.54. The zero-order valence-corrected chi connectivity index (χ0v) is 14.6. The Kier molecular flexibility index (Phi) is 6.24. The largest absolute Gasteiger partial charge is 0.343 e. The van der Waals surface area contributed by atoms with Crippen LogP contribution in [-0.2, 0) is 11.2 Å². The molecule has 2 heterocycles. The molecule has 0 spiro atoms. The van der Waals surface area contributed by atoms with Gasteiger partial charge in [0.15, 0.2) is 0 Å². The highest BCUT2D eigenvalue weighted by molar-refractivity contribution is 5.76. The first kappa shape index (κ1) is 17.4. The zero-order chi connectivity index (χ0) is 16.8. The Labute approximate surface area is 144 Å². The van der Waals surface area contributed by atoms with Gasteiger partial charge in [-0.3, -0.25) is 4.79 Å². The lowest BCUT2D eigenvalue weighted by Crippen LogP contribution is -2.47. The molecule has 0 atom stereocenters. The van der Waals surface area contributed by atoms with Gasteiger partial charge in [0.1, 0.15) is 5.82 Å². The molecule has 4 heteroatoms. The maximum absolute atomic E-state index is 13.6. The van der Waals surface area contributed by atoms with E-state index in [0.717, 1.165) is 25.9 Å². The molecule has 1 aromatic rings. The first-order chi connectivity index (χ1) is 11.7. The van der Waals surface area contributed by atoms with Crippen molar-refractivity contribution in [2.24, 2.45) is 0 Å². The number of halogens is 1. The van der Waals surface area contributed by atoms with Crippen LogP contribution in [0.1, 0.15) is 50.5 Å². The summed E-state index contributed by atoms with van der Waals surface area (Å²) in [4.78, 5) is 17.0. The number of carbonyl (C=O) groups excluding carboxylic acids is 1. The summed E-state index contributed by atoms with van der Waals surface area (Å²) in [6.07, 6.45) is 8.46. The third-order valence-corrected chi connectivity index (χ3v) is 5.54. The minimum Gasteiger partial charge on any atom is -0.343 e. The van der Waals surface area contributed by atoms with Gasteiger partial charge in [0.2, 0.25) is 5.91 Å². The standard InChI is InChI=1S/C20H29FN2O/c21-19-8-4-3-7-17(19)9-10-20(24)23-15-11-18(12-16-23)22-13-5-1-2-6-14-22/h3-4,7-8,18H,1-2,5-6,9-16H2. The second-order valence-electron chi connectivity index (χ2n) is 7.15. The average molecular weight is 332 g/mol. The van der Waals surface area contributed by atoms with Crippen LogP contribution in [0.5, 0.6) is 0 Å². The van der Waals surface area contributed by atoms with Crippen molar-refractivity contribution in [3.63, 3.8) is 0 Å². The minimum absolute atomic E-state index is 0.174. The predicted octanol–water partition coefficient (Wildman–Crippen LogP) is 3.63. The van der Waals surface area contributed by atoms with Gasteiger partial charge in [-0.15, -0.1) is 0 Å². The van der Waals surface area contributed by atoms with E-state index >= 15 is 0 Å². The first-order valence-electron chi connectivity index (χ1n) is 9.49. The van der Waals surface area contributed by atoms with Crippen molar-refractivity contribution in [3.05, 3.63) is 35.6 Å². The fourth-order valence-corrected chi connectivity index (χ4v) is 4.04. The molecule has 24 heavy (non-hydrogen) atoms. The smallest absolute Gasteiger partial charge is 0.222 e. The molecule has 0 aliphatic carbocycles. The van der Waals surface area contributed by atoms with Crippen molar-refractivity contribution in [1.29, 1.82) is 0 Å². The summed E-state index contributed by atoms with van der Waals surface area (Å²) in [6, 6.07) is 7.41. The van der Waals surface area contributed by atoms with Gasteiger partial charge >= 0.3 is 0 Å². The van der Waals surface area contributed by atoms with Gasteiger partial charge < -0.3 is 9.80 Å². The number of rotatable bonds is 4. The summed E-state index contributed by atoms with van der Waals surface area (Å²) in [5, 5.41) is 0. The molecule has 0 saturated carbocycles. The molecule has 132 valence electrons. The van der Waals surface area contributed by atoms with E-state index in [1.807, 2.05) is 11.0 Å². The summed E-state index contributed by atoms with van der Waals surface area (Å²) < 4.78 is 13.6. The summed E-state index contributed by atoms with van der Waals surface area (Å²) in [5.74, 6) is -0.0299. The van der Waals surface area contributed by atoms with Crippen LogP contribution in [0.15, 0.2) is 24.3 Å². The summed E-state index contributed by atoms with van der Waals surface area (Å²) in [7, 11) is 0. The summed E-state index contributed by atoms with van der Waals surface area (Å²) >= 11 is 0. The highest BCUT2D eigenvalue weighted by atomic mass is 19.1. The summed E-state index contributed by atoms with van der Waals surface area (Å²) in [6.45, 7) is 4.17. The Bertz CT molecular complexity index is 532. The van der Waals surface area contributed by atoms with E-state index in [1.165, 1.54) is 44.8 Å². The molecular formula is C20H29FN2O. The van der Waals surface area contributed by atoms with Crippen molar-refractivity contribution in [1.82, 2.24) is 9.80 Å². The fraction of sp³-hybridized carbons (Fsp3) is 0.650. The summed E-state index contributed by atoms with van der Waals surface area (Å²) in [5.41, 5.74) is 0.644. The van der Waals surface area contributed by atoms with E-state index in [2.05, 4.69) is 4.90 Å². The second kappa shape index (κ2) is 8.61. The highest BCUT2D eigenvalue weighted by Crippen LogP contribution is 2.21. The van der Waals surface area contributed by atoms with Gasteiger partial charge in [-0.25, -0.2) is 4.39 Å². The van der Waals surface area contributed by atoms with Crippen LogP contribution >= 0.6 is 0 Å². The van der Waals surface area contributed by atoms with Gasteiger partial charge in [0.05, 0.1) is 0 Å². The van der Waals surface area contributed by atoms with Gasteiger partial charge in [-0.1, -0.05) is 31.0 Å². The predicted molar refractivity (Wildman–Crippen MR) is 94.4 cm³/mol. The number of benzene rings is 1. The molecule has 2 saturated heterocycles. The molecule has 1 amide bonds. The number of piperidine rings is 1. The number of nitrogens with zero attached hydrogens (tertiary/aromatic N) is 2. The lowest BCUT2D eigenvalue weighted by Gasteiger charge is -2.38. The minimum atomic E-state index is -0.204. The Morgan fingerprint density at radius 3 is 2.33 bits per heavy atom. The van der Waals surface area contributed by atoms with Crippen molar-refractivity contribution >= 4 is 5.91 Å². The normalized spacial score (nSPS) is 20.8. The van der Waals surface area contributed by atoms with E-state index in [1.54, 1.807) is 12.1 Å². The maximum Gasteiger partial charge on any atom is 0.222 e. The number of aryl methyl sites for hydroxylation is 1. The van der Waals surface area contributed by atoms with Gasteiger partial charge in [-0.2, -0.15) is 0 Å². The lowest BCUT2D eigenvalue weighted by atomic mass is 10.0. The van der Waals surface area contributed by atoms with E-state index < -0.39 is 0 Å². The van der Waals surface area contributed by atoms with Crippen LogP contribution in [-0.4, -0.2) is 47.9 Å². The molecule has 3 rings (SSSR count). The number of hydrogen-bond donors (Lipinski definition) is 0. The molecule has 2 fully saturated rings. The Morgan fingerprint density at radius 2 is 1.67 bits per heavy atom. The van der Waals surface area contributed by atoms with Crippen molar-refractivity contribution < 1.29 is 9.18 Å². The Morgan fingerprint density at radius 1 is 1.00 bits per heavy atom. The SMILES string of the molecule is O=C(CCc1ccccc1F)N1CCC(N2CCCCCC2)CC1. The maximum atomic E-state index is 13.6. The molecular weight excluding hydrogens is 303 g/mol. The number of hydrogen-bond acceptors (Lipinski definition) is 2. The number of likely N-dealkylation sites (tertiary alicyclic amines) is 2. The lowest BCUT2D eigenvalue weighted by molar-refractivity contribution is -0.132. The van der Waals surface area contributed by atoms with Gasteiger partial charge in [0, 0.05) is 25.6 Å². The third kappa shape index (κ3) is 4.56. The topological polar surface area (TPSA) is 23.6 Å². The van der Waals surface area contributed by atoms with Crippen LogP contribution in [0.2, 0.25) is 0 Å². The second-order valence-corrected chi connectivity index (χ2v) is 7.15. The van der Waals surface area contributed by atoms with Crippen LogP contribution in [0.4, 0.5) is 4.39 Å². The molecule has 0 radical (unpaired) electrons. The van der Waals surface area contributed by atoms with E-state index in [9.17, 15) is 9.18 Å². The molecule has 0 bridgehead atoms. The van der Waals surface area contributed by atoms with Crippen LogP contribution < -0.4 is 0 Å². The molecule has 1 aromatic carbocycles. The zero-order valence-electron chi connectivity index (χ0n) is 14.6. The molecule has 0 N–H and O–H groups in total. The van der Waals surface area contributed by atoms with E-state index in [0.29, 0.717) is 24.4 Å². The highest BCUT2D eigenvalue weighted by Gasteiger charge is 2.27. The number of amides is 1. The Hall–Kier alpha value is -1.42. The fourth-order valence-electron chi connectivity index (χ4n) is 4.04. The molecule has 0 unspecified atom stereocenters. The van der Waals surface area contributed by atoms with Crippen LogP contribution in [0.25, 0.3) is 0 Å². The number of carbonyl (C=O) groups is 1. The average Bonchev–Trinajstić information content (AvgIpc) is 2.90. The molecule has 2 aliphatic heterocycles. The van der Waals surface area contributed by atoms with Gasteiger partial charge in [-0.05, 0) is 56.8 Å². The van der Waals surface area contributed by atoms with E-state index in [-0.39, 0.29) is 11.7 Å². The van der Waals surface area contributed by atoms with Gasteiger partial charge in [0.25, 0.3) is 0 Å². The van der Waals surface area contributed by atoms with Crippen molar-refractivity contribution in [2.75, 3.05) is 26.2 Å². The quantitative estimate of drug-likeness (QED) is 0.841. The molecule has 2 aliphatic rings. The molecule has 0 aromatic heterocycles. The van der Waals surface area contributed by atoms with Crippen molar-refractivity contribution in [2.45, 2.75) is 57.4 Å². The van der Waals surface area contributed by atoms with Crippen molar-refractivity contribution in [3.8, 4) is 0 Å². The van der Waals surface area contributed by atoms with E-state index in [4.69, 9.17) is 0 Å². The molecule has 3 nitrogen and oxygen atoms in total. The Balaban J connectivity index is 1.44. The van der Waals surface area contributed by atoms with Crippen LogP contribution in [0, 0.1) is 5.82 Å². The first-order valence-corrected chi connectivity index (χ1v) is 9.49. The monoisotopic (exact) mass is 332 g/mol.